The maximum Gasteiger partial charge on any atom is 0.345 e. The molecule has 0 radical (unpaired) electrons. The largest absolute Gasteiger partial charge is 0.496 e. The Morgan fingerprint density at radius 3 is 1.44 bits per heavy atom. The first-order valence-electron chi connectivity index (χ1n) is 10.8. The van der Waals surface area contributed by atoms with E-state index in [9.17, 15) is 9.59 Å². The lowest BCUT2D eigenvalue weighted by molar-refractivity contribution is 0.395. The molecule has 0 saturated heterocycles. The number of fused-ring (bicyclic) bond motifs is 2. The van der Waals surface area contributed by atoms with Crippen LogP contribution in [0.5, 0.6) is 23.0 Å². The van der Waals surface area contributed by atoms with Gasteiger partial charge in [0.15, 0.2) is 0 Å². The predicted molar refractivity (Wildman–Crippen MR) is 133 cm³/mol. The lowest BCUT2D eigenvalue weighted by Crippen LogP contribution is -2.07. The molecule has 3 aromatic heterocycles. The molecule has 2 aromatic carbocycles. The molecule has 9 nitrogen and oxygen atoms in total. The summed E-state index contributed by atoms with van der Waals surface area (Å²) in [6.07, 6.45) is 0. The van der Waals surface area contributed by atoms with Gasteiger partial charge in [0.25, 0.3) is 0 Å². The summed E-state index contributed by atoms with van der Waals surface area (Å²) in [4.78, 5) is 30.3. The minimum absolute atomic E-state index is 0.209. The van der Waals surface area contributed by atoms with Crippen molar-refractivity contribution in [3.8, 4) is 45.5 Å². The van der Waals surface area contributed by atoms with Gasteiger partial charge in [-0.05, 0) is 24.3 Å². The normalized spacial score (nSPS) is 11.0. The fourth-order valence-corrected chi connectivity index (χ4v) is 3.99. The molecule has 0 saturated carbocycles. The fourth-order valence-electron chi connectivity index (χ4n) is 3.99. The number of hydrogen-bond donors (Lipinski definition) is 0. The molecule has 5 rings (SSSR count). The Morgan fingerprint density at radius 2 is 1.06 bits per heavy atom. The molecule has 0 aliphatic heterocycles. The van der Waals surface area contributed by atoms with Crippen molar-refractivity contribution < 1.29 is 27.8 Å². The van der Waals surface area contributed by atoms with Crippen LogP contribution >= 0.6 is 0 Å². The third kappa shape index (κ3) is 3.90. The smallest absolute Gasteiger partial charge is 0.345 e. The van der Waals surface area contributed by atoms with Crippen molar-refractivity contribution in [2.45, 2.75) is 0 Å². The average Bonchev–Trinajstić information content (AvgIpc) is 2.90. The Hall–Kier alpha value is -4.79. The summed E-state index contributed by atoms with van der Waals surface area (Å²) in [6.45, 7) is 0. The summed E-state index contributed by atoms with van der Waals surface area (Å²) in [7, 11) is 6.05. The van der Waals surface area contributed by atoms with Crippen molar-refractivity contribution in [2.75, 3.05) is 28.4 Å². The van der Waals surface area contributed by atoms with Gasteiger partial charge in [-0.25, -0.2) is 14.6 Å². The first-order chi connectivity index (χ1) is 17.4. The van der Waals surface area contributed by atoms with Gasteiger partial charge in [0, 0.05) is 24.3 Å². The monoisotopic (exact) mass is 487 g/mol. The number of pyridine rings is 1. The Kier molecular flexibility index (Phi) is 5.81. The minimum atomic E-state index is -0.596. The van der Waals surface area contributed by atoms with E-state index in [2.05, 4.69) is 4.98 Å². The summed E-state index contributed by atoms with van der Waals surface area (Å²) in [6, 6.07) is 14.9. The third-order valence-corrected chi connectivity index (χ3v) is 5.79. The summed E-state index contributed by atoms with van der Waals surface area (Å²) in [5, 5.41) is 1.15. The zero-order valence-corrected chi connectivity index (χ0v) is 19.9. The minimum Gasteiger partial charge on any atom is -0.496 e. The molecule has 182 valence electrons. The lowest BCUT2D eigenvalue weighted by Gasteiger charge is -2.10. The molecule has 0 fully saturated rings. The second-order valence-corrected chi connectivity index (χ2v) is 7.79. The molecule has 0 atom stereocenters. The third-order valence-electron chi connectivity index (χ3n) is 5.79. The Bertz CT molecular complexity index is 1610. The Morgan fingerprint density at radius 1 is 0.611 bits per heavy atom. The van der Waals surface area contributed by atoms with Crippen LogP contribution in [-0.2, 0) is 0 Å². The second kappa shape index (κ2) is 9.10. The van der Waals surface area contributed by atoms with Gasteiger partial charge in [0.2, 0.25) is 0 Å². The molecular formula is C27H21NO8. The molecular weight excluding hydrogens is 466 g/mol. The van der Waals surface area contributed by atoms with Crippen molar-refractivity contribution in [3.63, 3.8) is 0 Å². The Labute approximate surface area is 204 Å². The van der Waals surface area contributed by atoms with Gasteiger partial charge >= 0.3 is 11.3 Å². The van der Waals surface area contributed by atoms with Crippen molar-refractivity contribution in [2.24, 2.45) is 0 Å². The molecule has 0 unspecified atom stereocenters. The highest BCUT2D eigenvalue weighted by atomic mass is 16.5. The highest BCUT2D eigenvalue weighted by Crippen LogP contribution is 2.34. The van der Waals surface area contributed by atoms with E-state index in [-0.39, 0.29) is 11.1 Å². The van der Waals surface area contributed by atoms with Gasteiger partial charge in [0.1, 0.15) is 34.2 Å². The van der Waals surface area contributed by atoms with Crippen LogP contribution in [0.25, 0.3) is 44.5 Å². The van der Waals surface area contributed by atoms with Gasteiger partial charge in [-0.2, -0.15) is 0 Å². The van der Waals surface area contributed by atoms with Gasteiger partial charge < -0.3 is 27.8 Å². The van der Waals surface area contributed by atoms with Crippen LogP contribution in [0.2, 0.25) is 0 Å². The highest BCUT2D eigenvalue weighted by molar-refractivity contribution is 5.89. The molecule has 0 aliphatic rings. The molecule has 0 bridgehead atoms. The molecule has 3 heterocycles. The van der Waals surface area contributed by atoms with Crippen LogP contribution in [0.3, 0.4) is 0 Å². The van der Waals surface area contributed by atoms with E-state index in [0.717, 1.165) is 0 Å². The molecule has 0 spiro atoms. The van der Waals surface area contributed by atoms with Crippen molar-refractivity contribution in [1.82, 2.24) is 4.98 Å². The standard InChI is InChI=1S/C27H21NO8/c1-31-14-8-22(33-3)18-12-16(26(29)35-24(18)10-14)20-6-5-7-21(28-20)17-13-19-23(34-4)9-15(32-2)11-25(19)36-27(17)30/h5-13H,1-4H3. The van der Waals surface area contributed by atoms with Crippen LogP contribution < -0.4 is 30.2 Å². The number of ether oxygens (including phenoxy) is 4. The first-order valence-corrected chi connectivity index (χ1v) is 10.8. The molecule has 36 heavy (non-hydrogen) atoms. The molecule has 0 N–H and O–H groups in total. The Balaban J connectivity index is 1.67. The van der Waals surface area contributed by atoms with E-state index in [0.29, 0.717) is 56.3 Å². The van der Waals surface area contributed by atoms with E-state index in [1.807, 2.05) is 0 Å². The van der Waals surface area contributed by atoms with Crippen molar-refractivity contribution in [3.05, 3.63) is 75.4 Å². The molecule has 0 aliphatic carbocycles. The topological polar surface area (TPSA) is 110 Å². The number of benzene rings is 2. The van der Waals surface area contributed by atoms with E-state index in [1.54, 1.807) is 54.6 Å². The van der Waals surface area contributed by atoms with E-state index in [4.69, 9.17) is 27.8 Å². The van der Waals surface area contributed by atoms with E-state index in [1.165, 1.54) is 28.4 Å². The van der Waals surface area contributed by atoms with Crippen LogP contribution in [0.4, 0.5) is 0 Å². The zero-order chi connectivity index (χ0) is 25.4. The van der Waals surface area contributed by atoms with Gasteiger partial charge in [-0.1, -0.05) is 6.07 Å². The predicted octanol–water partition coefficient (Wildman–Crippen LogP) is 4.66. The van der Waals surface area contributed by atoms with Crippen molar-refractivity contribution >= 4 is 21.9 Å². The summed E-state index contributed by atoms with van der Waals surface area (Å²) in [5.41, 5.74) is 0.496. The quantitative estimate of drug-likeness (QED) is 0.316. The molecule has 9 heteroatoms. The first kappa shape index (κ1) is 23.0. The second-order valence-electron chi connectivity index (χ2n) is 7.79. The maximum absolute atomic E-state index is 12.9. The van der Waals surface area contributed by atoms with E-state index >= 15 is 0 Å². The maximum atomic E-state index is 12.9. The van der Waals surface area contributed by atoms with Crippen LogP contribution in [0.15, 0.2) is 73.0 Å². The van der Waals surface area contributed by atoms with Gasteiger partial charge in [-0.15, -0.1) is 0 Å². The number of rotatable bonds is 6. The average molecular weight is 487 g/mol. The van der Waals surface area contributed by atoms with Crippen LogP contribution in [0, 0.1) is 0 Å². The zero-order valence-electron chi connectivity index (χ0n) is 19.9. The number of aromatic nitrogens is 1. The number of methoxy groups -OCH3 is 4. The van der Waals surface area contributed by atoms with Crippen molar-refractivity contribution in [1.29, 1.82) is 0 Å². The van der Waals surface area contributed by atoms with Crippen LogP contribution in [0.1, 0.15) is 0 Å². The summed E-state index contributed by atoms with van der Waals surface area (Å²) in [5.74, 6) is 1.93. The fraction of sp³-hybridized carbons (Fsp3) is 0.148. The number of hydrogen-bond acceptors (Lipinski definition) is 9. The van der Waals surface area contributed by atoms with Gasteiger partial charge in [-0.3, -0.25) is 0 Å². The SMILES string of the molecule is COc1cc(OC)c2cc(-c3cccc(-c4cc5c(OC)cc(OC)cc5oc4=O)n3)c(=O)oc2c1. The van der Waals surface area contributed by atoms with Gasteiger partial charge in [0.05, 0.1) is 61.7 Å². The number of nitrogens with zero attached hydrogens (tertiary/aromatic N) is 1. The van der Waals surface area contributed by atoms with E-state index < -0.39 is 11.3 Å². The summed E-state index contributed by atoms with van der Waals surface area (Å²) < 4.78 is 32.5. The highest BCUT2D eigenvalue weighted by Gasteiger charge is 2.17. The summed E-state index contributed by atoms with van der Waals surface area (Å²) >= 11 is 0. The molecule has 0 amide bonds. The lowest BCUT2D eigenvalue weighted by atomic mass is 10.1. The molecule has 5 aromatic rings. The van der Waals surface area contributed by atoms with Crippen LogP contribution in [-0.4, -0.2) is 33.4 Å².